The number of hydrogen-bond acceptors (Lipinski definition) is 2. The van der Waals surface area contributed by atoms with Crippen molar-refractivity contribution in [2.75, 3.05) is 20.2 Å². The minimum Gasteiger partial charge on any atom is -0.495 e. The molecule has 0 aromatic heterocycles. The van der Waals surface area contributed by atoms with E-state index in [2.05, 4.69) is 24.4 Å². The minimum absolute atomic E-state index is 0.646. The fraction of sp³-hybridized carbons (Fsp3) is 0.385. The van der Waals surface area contributed by atoms with Crippen LogP contribution < -0.4 is 10.1 Å². The van der Waals surface area contributed by atoms with Crippen molar-refractivity contribution in [1.82, 2.24) is 5.32 Å². The predicted molar refractivity (Wildman–Crippen MR) is 70.2 cm³/mol. The third-order valence-corrected chi connectivity index (χ3v) is 2.54. The molecule has 0 bridgehead atoms. The van der Waals surface area contributed by atoms with Crippen molar-refractivity contribution in [2.24, 2.45) is 0 Å². The van der Waals surface area contributed by atoms with E-state index in [1.165, 1.54) is 0 Å². The fourth-order valence-corrected chi connectivity index (χ4v) is 1.56. The number of hydrogen-bond donors (Lipinski definition) is 1. The first-order chi connectivity index (χ1) is 7.77. The van der Waals surface area contributed by atoms with Crippen LogP contribution in [0.15, 0.2) is 24.3 Å². The molecular formula is C13H18ClNO. The molecule has 0 aliphatic carbocycles. The Kier molecular flexibility index (Phi) is 5.98. The van der Waals surface area contributed by atoms with Crippen LogP contribution >= 0.6 is 11.6 Å². The van der Waals surface area contributed by atoms with Gasteiger partial charge in [-0.2, -0.15) is 0 Å². The van der Waals surface area contributed by atoms with Crippen molar-refractivity contribution in [2.45, 2.75) is 13.3 Å². The van der Waals surface area contributed by atoms with Crippen molar-refractivity contribution < 1.29 is 4.74 Å². The smallest absolute Gasteiger partial charge is 0.138 e. The second-order valence-electron chi connectivity index (χ2n) is 3.44. The fourth-order valence-electron chi connectivity index (χ4n) is 1.36. The summed E-state index contributed by atoms with van der Waals surface area (Å²) < 4.78 is 5.15. The Balaban J connectivity index is 2.53. The Bertz CT molecular complexity index is 350. The molecule has 1 aromatic carbocycles. The van der Waals surface area contributed by atoms with Gasteiger partial charge in [0, 0.05) is 0 Å². The van der Waals surface area contributed by atoms with Gasteiger partial charge in [-0.05, 0) is 37.2 Å². The molecule has 0 aliphatic heterocycles. The molecule has 0 amide bonds. The monoisotopic (exact) mass is 239 g/mol. The lowest BCUT2D eigenvalue weighted by molar-refractivity contribution is 0.415. The zero-order valence-electron chi connectivity index (χ0n) is 9.79. The number of benzene rings is 1. The summed E-state index contributed by atoms with van der Waals surface area (Å²) in [6.45, 7) is 4.13. The van der Waals surface area contributed by atoms with Crippen LogP contribution in [-0.4, -0.2) is 20.2 Å². The molecule has 2 nitrogen and oxygen atoms in total. The highest BCUT2D eigenvalue weighted by Crippen LogP contribution is 2.25. The maximum absolute atomic E-state index is 5.94. The van der Waals surface area contributed by atoms with E-state index in [-0.39, 0.29) is 0 Å². The first-order valence-corrected chi connectivity index (χ1v) is 5.86. The van der Waals surface area contributed by atoms with Crippen molar-refractivity contribution in [1.29, 1.82) is 0 Å². The van der Waals surface area contributed by atoms with Crippen LogP contribution in [0.3, 0.4) is 0 Å². The minimum atomic E-state index is 0.646. The van der Waals surface area contributed by atoms with Crippen LogP contribution in [0.25, 0.3) is 6.08 Å². The summed E-state index contributed by atoms with van der Waals surface area (Å²) in [6.07, 6.45) is 5.25. The summed E-state index contributed by atoms with van der Waals surface area (Å²) in [4.78, 5) is 0. The molecule has 0 fully saturated rings. The maximum atomic E-state index is 5.94. The SMILES string of the molecule is CCNCCC=Cc1ccc(Cl)c(OC)c1. The van der Waals surface area contributed by atoms with E-state index in [0.717, 1.165) is 30.8 Å². The van der Waals surface area contributed by atoms with Crippen molar-refractivity contribution in [3.8, 4) is 5.75 Å². The zero-order valence-corrected chi connectivity index (χ0v) is 10.6. The van der Waals surface area contributed by atoms with Crippen LogP contribution in [-0.2, 0) is 0 Å². The van der Waals surface area contributed by atoms with Gasteiger partial charge in [-0.3, -0.25) is 0 Å². The van der Waals surface area contributed by atoms with Gasteiger partial charge in [-0.25, -0.2) is 0 Å². The van der Waals surface area contributed by atoms with Crippen LogP contribution in [0.1, 0.15) is 18.9 Å². The Hall–Kier alpha value is -0.990. The summed E-state index contributed by atoms with van der Waals surface area (Å²) in [5.41, 5.74) is 1.11. The number of nitrogens with one attached hydrogen (secondary N) is 1. The normalized spacial score (nSPS) is 10.9. The van der Waals surface area contributed by atoms with Crippen molar-refractivity contribution >= 4 is 17.7 Å². The van der Waals surface area contributed by atoms with Gasteiger partial charge in [-0.1, -0.05) is 36.7 Å². The van der Waals surface area contributed by atoms with E-state index in [4.69, 9.17) is 16.3 Å². The third kappa shape index (κ3) is 4.25. The lowest BCUT2D eigenvalue weighted by Gasteiger charge is -2.03. The molecule has 0 radical (unpaired) electrons. The molecule has 16 heavy (non-hydrogen) atoms. The van der Waals surface area contributed by atoms with Crippen LogP contribution in [0, 0.1) is 0 Å². The lowest BCUT2D eigenvalue weighted by Crippen LogP contribution is -2.12. The summed E-state index contributed by atoms with van der Waals surface area (Å²) >= 11 is 5.94. The van der Waals surface area contributed by atoms with E-state index >= 15 is 0 Å². The van der Waals surface area contributed by atoms with Gasteiger partial charge in [0.25, 0.3) is 0 Å². The largest absolute Gasteiger partial charge is 0.495 e. The average molecular weight is 240 g/mol. The molecule has 3 heteroatoms. The van der Waals surface area contributed by atoms with Gasteiger partial charge in [0.05, 0.1) is 12.1 Å². The van der Waals surface area contributed by atoms with E-state index in [9.17, 15) is 0 Å². The Morgan fingerprint density at radius 1 is 1.44 bits per heavy atom. The number of methoxy groups -OCH3 is 1. The molecular weight excluding hydrogens is 222 g/mol. The topological polar surface area (TPSA) is 21.3 Å². The highest BCUT2D eigenvalue weighted by molar-refractivity contribution is 6.32. The molecule has 1 rings (SSSR count). The molecule has 88 valence electrons. The average Bonchev–Trinajstić information content (AvgIpc) is 2.31. The van der Waals surface area contributed by atoms with Gasteiger partial charge in [0.1, 0.15) is 5.75 Å². The van der Waals surface area contributed by atoms with Gasteiger partial charge < -0.3 is 10.1 Å². The summed E-state index contributed by atoms with van der Waals surface area (Å²) in [7, 11) is 1.62. The molecule has 1 N–H and O–H groups in total. The van der Waals surface area contributed by atoms with E-state index in [1.54, 1.807) is 7.11 Å². The van der Waals surface area contributed by atoms with Crippen molar-refractivity contribution in [3.63, 3.8) is 0 Å². The van der Waals surface area contributed by atoms with E-state index < -0.39 is 0 Å². The van der Waals surface area contributed by atoms with E-state index in [1.807, 2.05) is 18.2 Å². The van der Waals surface area contributed by atoms with Gasteiger partial charge in [-0.15, -0.1) is 0 Å². The summed E-state index contributed by atoms with van der Waals surface area (Å²) in [5, 5.41) is 3.91. The molecule has 0 saturated carbocycles. The lowest BCUT2D eigenvalue weighted by atomic mass is 10.2. The second-order valence-corrected chi connectivity index (χ2v) is 3.85. The number of ether oxygens (including phenoxy) is 1. The maximum Gasteiger partial charge on any atom is 0.138 e. The molecule has 0 unspecified atom stereocenters. The Morgan fingerprint density at radius 2 is 2.25 bits per heavy atom. The Labute approximate surface area is 102 Å². The second kappa shape index (κ2) is 7.31. The van der Waals surface area contributed by atoms with Crippen LogP contribution in [0.2, 0.25) is 5.02 Å². The molecule has 0 spiro atoms. The quantitative estimate of drug-likeness (QED) is 0.769. The first kappa shape index (κ1) is 13.1. The molecule has 0 saturated heterocycles. The molecule has 0 aliphatic rings. The zero-order chi connectivity index (χ0) is 11.8. The van der Waals surface area contributed by atoms with Gasteiger partial charge >= 0.3 is 0 Å². The number of halogens is 1. The Morgan fingerprint density at radius 3 is 2.94 bits per heavy atom. The number of rotatable bonds is 6. The summed E-state index contributed by atoms with van der Waals surface area (Å²) in [6, 6.07) is 5.77. The van der Waals surface area contributed by atoms with E-state index in [0.29, 0.717) is 5.02 Å². The summed E-state index contributed by atoms with van der Waals surface area (Å²) in [5.74, 6) is 0.718. The van der Waals surface area contributed by atoms with Gasteiger partial charge in [0.2, 0.25) is 0 Å². The van der Waals surface area contributed by atoms with Crippen LogP contribution in [0.4, 0.5) is 0 Å². The highest BCUT2D eigenvalue weighted by Gasteiger charge is 1.99. The van der Waals surface area contributed by atoms with Crippen LogP contribution in [0.5, 0.6) is 5.75 Å². The van der Waals surface area contributed by atoms with Gasteiger partial charge in [0.15, 0.2) is 0 Å². The molecule has 0 atom stereocenters. The molecule has 0 heterocycles. The predicted octanol–water partition coefficient (Wildman–Crippen LogP) is 3.36. The molecule has 1 aromatic rings. The highest BCUT2D eigenvalue weighted by atomic mass is 35.5. The van der Waals surface area contributed by atoms with Crippen molar-refractivity contribution in [3.05, 3.63) is 34.9 Å². The standard InChI is InChI=1S/C13H18ClNO/c1-3-15-9-5-4-6-11-7-8-12(14)13(10-11)16-2/h4,6-8,10,15H,3,5,9H2,1-2H3. The third-order valence-electron chi connectivity index (χ3n) is 2.22. The first-order valence-electron chi connectivity index (χ1n) is 5.48.